The lowest BCUT2D eigenvalue weighted by molar-refractivity contribution is -0.132. The number of carbonyl (C=O) groups excluding carboxylic acids is 1. The highest BCUT2D eigenvalue weighted by Crippen LogP contribution is 2.33. The van der Waals surface area contributed by atoms with Gasteiger partial charge in [0, 0.05) is 37.0 Å². The normalized spacial score (nSPS) is 17.4. The van der Waals surface area contributed by atoms with Crippen LogP contribution in [0.5, 0.6) is 0 Å². The average molecular weight is 464 g/mol. The quantitative estimate of drug-likeness (QED) is 0.598. The Morgan fingerprint density at radius 3 is 2.73 bits per heavy atom. The number of fused-ring (bicyclic) bond motifs is 1. The molecule has 1 aliphatic rings. The lowest BCUT2D eigenvalue weighted by Gasteiger charge is -2.32. The van der Waals surface area contributed by atoms with Gasteiger partial charge in [-0.1, -0.05) is 23.7 Å². The van der Waals surface area contributed by atoms with Crippen LogP contribution in [0.15, 0.2) is 53.4 Å². The van der Waals surface area contributed by atoms with Crippen molar-refractivity contribution in [3.05, 3.63) is 58.6 Å². The van der Waals surface area contributed by atoms with Gasteiger partial charge < -0.3 is 4.90 Å². The molecular formula is C21H22ClN3O3S2. The molecule has 0 radical (unpaired) electrons. The maximum Gasteiger partial charge on any atom is 0.240 e. The second-order valence-corrected chi connectivity index (χ2v) is 10.6. The van der Waals surface area contributed by atoms with Crippen LogP contribution in [-0.4, -0.2) is 43.8 Å². The average Bonchev–Trinajstić information content (AvgIpc) is 3.18. The summed E-state index contributed by atoms with van der Waals surface area (Å²) < 4.78 is 28.3. The predicted molar refractivity (Wildman–Crippen MR) is 119 cm³/mol. The van der Waals surface area contributed by atoms with Crippen molar-refractivity contribution in [3.8, 4) is 0 Å². The van der Waals surface area contributed by atoms with Gasteiger partial charge in [-0.3, -0.25) is 4.79 Å². The number of carbonyl (C=O) groups is 1. The lowest BCUT2D eigenvalue weighted by Crippen LogP contribution is -2.40. The highest BCUT2D eigenvalue weighted by molar-refractivity contribution is 7.89. The molecule has 6 nitrogen and oxygen atoms in total. The fraction of sp³-hybridized carbons (Fsp3) is 0.333. The monoisotopic (exact) mass is 463 g/mol. The van der Waals surface area contributed by atoms with E-state index in [0.29, 0.717) is 18.1 Å². The SMILES string of the molecule is O=C(CCNS(=O)(=O)c1ccc(Cl)cc1)N1CCC[C@@H](c2nc3ccccc3s2)C1. The first-order valence-corrected chi connectivity index (χ1v) is 12.5. The molecule has 30 heavy (non-hydrogen) atoms. The number of hydrogen-bond donors (Lipinski definition) is 1. The van der Waals surface area contributed by atoms with Gasteiger partial charge in [0.1, 0.15) is 0 Å². The molecule has 1 aliphatic heterocycles. The number of aromatic nitrogens is 1. The van der Waals surface area contributed by atoms with Crippen LogP contribution >= 0.6 is 22.9 Å². The Kier molecular flexibility index (Phi) is 6.38. The first-order chi connectivity index (χ1) is 14.4. The van der Waals surface area contributed by atoms with E-state index in [2.05, 4.69) is 10.8 Å². The van der Waals surface area contributed by atoms with Gasteiger partial charge in [0.25, 0.3) is 0 Å². The Morgan fingerprint density at radius 2 is 1.97 bits per heavy atom. The molecule has 9 heteroatoms. The van der Waals surface area contributed by atoms with E-state index < -0.39 is 10.0 Å². The van der Waals surface area contributed by atoms with E-state index in [4.69, 9.17) is 16.6 Å². The molecular weight excluding hydrogens is 442 g/mol. The zero-order valence-corrected chi connectivity index (χ0v) is 18.6. The maximum atomic E-state index is 12.7. The van der Waals surface area contributed by atoms with E-state index in [1.807, 2.05) is 23.1 Å². The van der Waals surface area contributed by atoms with Crippen molar-refractivity contribution >= 4 is 49.1 Å². The van der Waals surface area contributed by atoms with Gasteiger partial charge in [-0.05, 0) is 49.2 Å². The molecule has 1 N–H and O–H groups in total. The number of para-hydroxylation sites is 1. The Bertz CT molecular complexity index is 1110. The Balaban J connectivity index is 1.33. The van der Waals surface area contributed by atoms with Crippen LogP contribution < -0.4 is 4.72 Å². The zero-order valence-electron chi connectivity index (χ0n) is 16.3. The summed E-state index contributed by atoms with van der Waals surface area (Å²) >= 11 is 7.49. The fourth-order valence-corrected chi connectivity index (χ4v) is 5.87. The second-order valence-electron chi connectivity index (χ2n) is 7.30. The molecule has 1 amide bonds. The summed E-state index contributed by atoms with van der Waals surface area (Å²) in [6.07, 6.45) is 2.05. The summed E-state index contributed by atoms with van der Waals surface area (Å²) in [5.74, 6) is 0.186. The van der Waals surface area contributed by atoms with E-state index in [1.54, 1.807) is 11.3 Å². The van der Waals surface area contributed by atoms with Gasteiger partial charge in [-0.15, -0.1) is 11.3 Å². The number of piperidine rings is 1. The highest BCUT2D eigenvalue weighted by atomic mass is 35.5. The summed E-state index contributed by atoms with van der Waals surface area (Å²) in [5.41, 5.74) is 0.998. The molecule has 0 bridgehead atoms. The number of nitrogens with one attached hydrogen (secondary N) is 1. The van der Waals surface area contributed by atoms with Crippen LogP contribution in [0, 0.1) is 0 Å². The number of hydrogen-bond acceptors (Lipinski definition) is 5. The number of halogens is 1. The Morgan fingerprint density at radius 1 is 1.20 bits per heavy atom. The zero-order chi connectivity index (χ0) is 21.1. The third-order valence-corrected chi connectivity index (χ3v) is 8.12. The van der Waals surface area contributed by atoms with Crippen LogP contribution in [-0.2, 0) is 14.8 Å². The summed E-state index contributed by atoms with van der Waals surface area (Å²) in [5, 5.41) is 1.54. The van der Waals surface area contributed by atoms with Crippen LogP contribution in [0.3, 0.4) is 0 Å². The molecule has 0 saturated carbocycles. The molecule has 3 aromatic rings. The third-order valence-electron chi connectivity index (χ3n) is 5.19. The number of nitrogens with zero attached hydrogens (tertiary/aromatic N) is 2. The first kappa shape index (κ1) is 21.2. The molecule has 0 unspecified atom stereocenters. The van der Waals surface area contributed by atoms with Crippen LogP contribution in [0.1, 0.15) is 30.2 Å². The Hall–Kier alpha value is -2.00. The summed E-state index contributed by atoms with van der Waals surface area (Å²) in [6, 6.07) is 14.0. The van der Waals surface area contributed by atoms with E-state index in [1.165, 1.54) is 24.3 Å². The van der Waals surface area contributed by atoms with Crippen molar-refractivity contribution < 1.29 is 13.2 Å². The molecule has 158 valence electrons. The van der Waals surface area contributed by atoms with E-state index in [-0.39, 0.29) is 29.7 Å². The number of amides is 1. The molecule has 1 aromatic heterocycles. The number of benzene rings is 2. The largest absolute Gasteiger partial charge is 0.342 e. The minimum absolute atomic E-state index is 0.0420. The molecule has 1 saturated heterocycles. The van der Waals surface area contributed by atoms with Crippen LogP contribution in [0.25, 0.3) is 10.2 Å². The van der Waals surface area contributed by atoms with E-state index in [0.717, 1.165) is 28.1 Å². The van der Waals surface area contributed by atoms with Crippen molar-refractivity contribution in [2.75, 3.05) is 19.6 Å². The van der Waals surface area contributed by atoms with Gasteiger partial charge in [0.2, 0.25) is 15.9 Å². The minimum atomic E-state index is -3.66. The molecule has 0 aliphatic carbocycles. The van der Waals surface area contributed by atoms with Gasteiger partial charge in [-0.2, -0.15) is 0 Å². The Labute approximate surface area is 184 Å². The standard InChI is InChI=1S/C21H22ClN3O3S2/c22-16-7-9-17(10-8-16)30(27,28)23-12-11-20(26)25-13-3-4-15(14-25)21-24-18-5-1-2-6-19(18)29-21/h1-2,5-10,15,23H,3-4,11-14H2/t15-/m1/s1. The smallest absolute Gasteiger partial charge is 0.240 e. The van der Waals surface area contributed by atoms with Crippen molar-refractivity contribution in [1.29, 1.82) is 0 Å². The molecule has 1 atom stereocenters. The van der Waals surface area contributed by atoms with E-state index in [9.17, 15) is 13.2 Å². The minimum Gasteiger partial charge on any atom is -0.342 e. The highest BCUT2D eigenvalue weighted by Gasteiger charge is 2.27. The summed E-state index contributed by atoms with van der Waals surface area (Å²) in [6.45, 7) is 1.39. The van der Waals surface area contributed by atoms with Gasteiger partial charge in [0.15, 0.2) is 0 Å². The summed E-state index contributed by atoms with van der Waals surface area (Å²) in [4.78, 5) is 19.4. The van der Waals surface area contributed by atoms with Crippen molar-refractivity contribution in [2.24, 2.45) is 0 Å². The van der Waals surface area contributed by atoms with Gasteiger partial charge in [0.05, 0.1) is 20.1 Å². The van der Waals surface area contributed by atoms with Crippen molar-refractivity contribution in [2.45, 2.75) is 30.1 Å². The summed E-state index contributed by atoms with van der Waals surface area (Å²) in [7, 11) is -3.66. The van der Waals surface area contributed by atoms with Gasteiger partial charge in [-0.25, -0.2) is 18.1 Å². The topological polar surface area (TPSA) is 79.4 Å². The fourth-order valence-electron chi connectivity index (χ4n) is 3.62. The molecule has 0 spiro atoms. The maximum absolute atomic E-state index is 12.7. The van der Waals surface area contributed by atoms with Gasteiger partial charge >= 0.3 is 0 Å². The number of thiazole rings is 1. The number of likely N-dealkylation sites (tertiary alicyclic amines) is 1. The molecule has 2 heterocycles. The number of sulfonamides is 1. The lowest BCUT2D eigenvalue weighted by atomic mass is 9.98. The first-order valence-electron chi connectivity index (χ1n) is 9.81. The van der Waals surface area contributed by atoms with Crippen LogP contribution in [0.2, 0.25) is 5.02 Å². The molecule has 4 rings (SSSR count). The van der Waals surface area contributed by atoms with E-state index >= 15 is 0 Å². The molecule has 2 aromatic carbocycles. The predicted octanol–water partition coefficient (Wildman–Crippen LogP) is 4.02. The molecule has 1 fully saturated rings. The second kappa shape index (κ2) is 9.01. The van der Waals surface area contributed by atoms with Crippen LogP contribution in [0.4, 0.5) is 0 Å². The van der Waals surface area contributed by atoms with Crippen molar-refractivity contribution in [1.82, 2.24) is 14.6 Å². The number of rotatable bonds is 6. The van der Waals surface area contributed by atoms with Crippen molar-refractivity contribution in [3.63, 3.8) is 0 Å². The third kappa shape index (κ3) is 4.83.